The van der Waals surface area contributed by atoms with Crippen molar-refractivity contribution in [1.29, 1.82) is 0 Å². The van der Waals surface area contributed by atoms with Crippen LogP contribution in [0.1, 0.15) is 37.5 Å². The zero-order valence-corrected chi connectivity index (χ0v) is 13.6. The molecule has 22 heavy (non-hydrogen) atoms. The maximum Gasteiger partial charge on any atom is 0.134 e. The molecular weight excluding hydrogens is 274 g/mol. The van der Waals surface area contributed by atoms with Gasteiger partial charge in [-0.1, -0.05) is 13.8 Å². The first kappa shape index (κ1) is 13.0. The van der Waals surface area contributed by atoms with Crippen molar-refractivity contribution in [2.45, 2.75) is 38.6 Å². The Morgan fingerprint density at radius 3 is 2.95 bits per heavy atom. The molecule has 3 heteroatoms. The third kappa shape index (κ3) is 1.45. The number of hydrogen-bond donors (Lipinski definition) is 0. The van der Waals surface area contributed by atoms with Crippen molar-refractivity contribution in [3.8, 4) is 5.75 Å². The minimum absolute atomic E-state index is 0.420. The summed E-state index contributed by atoms with van der Waals surface area (Å²) in [5.74, 6) is 3.58. The van der Waals surface area contributed by atoms with Gasteiger partial charge in [-0.15, -0.1) is 0 Å². The fourth-order valence-corrected chi connectivity index (χ4v) is 5.50. The summed E-state index contributed by atoms with van der Waals surface area (Å²) in [6.07, 6.45) is 2.39. The maximum absolute atomic E-state index is 6.36. The molecule has 116 valence electrons. The van der Waals surface area contributed by atoms with Crippen LogP contribution in [0.3, 0.4) is 0 Å². The number of methoxy groups -OCH3 is 1. The smallest absolute Gasteiger partial charge is 0.134 e. The van der Waals surface area contributed by atoms with E-state index in [-0.39, 0.29) is 0 Å². The van der Waals surface area contributed by atoms with E-state index in [1.165, 1.54) is 36.2 Å². The van der Waals surface area contributed by atoms with Gasteiger partial charge < -0.3 is 9.15 Å². The third-order valence-electron chi connectivity index (χ3n) is 6.60. The molecule has 1 saturated carbocycles. The molecule has 3 unspecified atom stereocenters. The van der Waals surface area contributed by atoms with E-state index in [2.05, 4.69) is 30.9 Å². The molecule has 1 aromatic heterocycles. The van der Waals surface area contributed by atoms with E-state index in [1.807, 2.05) is 6.07 Å². The molecule has 2 aromatic rings. The van der Waals surface area contributed by atoms with Gasteiger partial charge in [-0.25, -0.2) is 0 Å². The molecule has 1 saturated heterocycles. The van der Waals surface area contributed by atoms with Gasteiger partial charge in [0, 0.05) is 36.0 Å². The summed E-state index contributed by atoms with van der Waals surface area (Å²) in [6, 6.07) is 6.88. The van der Waals surface area contributed by atoms with Crippen molar-refractivity contribution < 1.29 is 9.15 Å². The molecule has 2 bridgehead atoms. The molecule has 0 radical (unpaired) electrons. The standard InChI is InChI=1S/C19H23NO2/c1-19(2)11-8-15-17-13(6-7-20(10-11)18(15)19)14-9-12(21-3)4-5-16(14)22-17/h4-5,9,11,15,18H,6-8,10H2,1-3H3. The Morgan fingerprint density at radius 1 is 1.32 bits per heavy atom. The summed E-state index contributed by atoms with van der Waals surface area (Å²) in [4.78, 5) is 2.72. The first-order valence-corrected chi connectivity index (χ1v) is 8.43. The molecule has 0 spiro atoms. The molecule has 5 rings (SSSR count). The van der Waals surface area contributed by atoms with E-state index in [0.717, 1.165) is 23.7 Å². The Balaban J connectivity index is 1.70. The van der Waals surface area contributed by atoms with Gasteiger partial charge in [-0.05, 0) is 42.4 Å². The lowest BCUT2D eigenvalue weighted by molar-refractivity contribution is 0.168. The Kier molecular flexibility index (Phi) is 2.41. The van der Waals surface area contributed by atoms with Crippen LogP contribution in [-0.2, 0) is 6.42 Å². The van der Waals surface area contributed by atoms with Crippen LogP contribution in [0.4, 0.5) is 0 Å². The lowest BCUT2D eigenvalue weighted by Crippen LogP contribution is -2.39. The maximum atomic E-state index is 6.36. The summed E-state index contributed by atoms with van der Waals surface area (Å²) in [7, 11) is 1.73. The van der Waals surface area contributed by atoms with Crippen LogP contribution in [0.2, 0.25) is 0 Å². The van der Waals surface area contributed by atoms with Crippen molar-refractivity contribution in [3.63, 3.8) is 0 Å². The van der Waals surface area contributed by atoms with E-state index in [0.29, 0.717) is 17.4 Å². The van der Waals surface area contributed by atoms with Gasteiger partial charge in [0.05, 0.1) is 7.11 Å². The molecule has 1 aromatic carbocycles. The van der Waals surface area contributed by atoms with Crippen LogP contribution in [0, 0.1) is 11.3 Å². The average molecular weight is 297 g/mol. The molecule has 3 aliphatic rings. The summed E-state index contributed by atoms with van der Waals surface area (Å²) in [5.41, 5.74) is 2.88. The number of ether oxygens (including phenoxy) is 1. The van der Waals surface area contributed by atoms with Crippen LogP contribution in [-0.4, -0.2) is 31.1 Å². The van der Waals surface area contributed by atoms with Crippen molar-refractivity contribution >= 4 is 11.0 Å². The number of nitrogens with zero attached hydrogens (tertiary/aromatic N) is 1. The van der Waals surface area contributed by atoms with E-state index in [1.54, 1.807) is 7.11 Å². The minimum Gasteiger partial charge on any atom is -0.497 e. The quantitative estimate of drug-likeness (QED) is 0.800. The first-order valence-electron chi connectivity index (χ1n) is 8.43. The number of hydrogen-bond acceptors (Lipinski definition) is 3. The van der Waals surface area contributed by atoms with Crippen molar-refractivity contribution in [3.05, 3.63) is 29.5 Å². The number of furan rings is 1. The Morgan fingerprint density at radius 2 is 2.18 bits per heavy atom. The van der Waals surface area contributed by atoms with Crippen LogP contribution >= 0.6 is 0 Å². The SMILES string of the molecule is COc1ccc2oc3c(c2c1)CCN1CC2CC3C1C2(C)C. The highest BCUT2D eigenvalue weighted by molar-refractivity contribution is 5.84. The number of fused-ring (bicyclic) bond motifs is 5. The highest BCUT2D eigenvalue weighted by Gasteiger charge is 2.59. The highest BCUT2D eigenvalue weighted by Crippen LogP contribution is 2.59. The summed E-state index contributed by atoms with van der Waals surface area (Å²) in [6.45, 7) is 7.36. The second-order valence-corrected chi connectivity index (χ2v) is 7.86. The predicted octanol–water partition coefficient (Wildman–Crippen LogP) is 3.81. The Labute approximate surface area is 131 Å². The number of piperidine rings is 1. The molecule has 2 aliphatic heterocycles. The molecule has 1 aliphatic carbocycles. The second-order valence-electron chi connectivity index (χ2n) is 7.86. The molecule has 3 nitrogen and oxygen atoms in total. The van der Waals surface area contributed by atoms with E-state index < -0.39 is 0 Å². The van der Waals surface area contributed by atoms with Gasteiger partial charge in [0.1, 0.15) is 17.1 Å². The van der Waals surface area contributed by atoms with Crippen molar-refractivity contribution in [1.82, 2.24) is 4.90 Å². The highest BCUT2D eigenvalue weighted by atomic mass is 16.5. The minimum atomic E-state index is 0.420. The Hall–Kier alpha value is -1.48. The first-order chi connectivity index (χ1) is 10.6. The van der Waals surface area contributed by atoms with Gasteiger partial charge >= 0.3 is 0 Å². The molecule has 0 N–H and O–H groups in total. The largest absolute Gasteiger partial charge is 0.497 e. The van der Waals surface area contributed by atoms with Crippen LogP contribution in [0.15, 0.2) is 22.6 Å². The normalized spacial score (nSPS) is 32.2. The van der Waals surface area contributed by atoms with Gasteiger partial charge in [0.2, 0.25) is 0 Å². The lowest BCUT2D eigenvalue weighted by atomic mass is 9.82. The number of benzene rings is 1. The van der Waals surface area contributed by atoms with Crippen molar-refractivity contribution in [2.24, 2.45) is 11.3 Å². The fourth-order valence-electron chi connectivity index (χ4n) is 5.50. The average Bonchev–Trinajstić information content (AvgIpc) is 3.06. The van der Waals surface area contributed by atoms with Crippen LogP contribution < -0.4 is 4.74 Å². The topological polar surface area (TPSA) is 25.6 Å². The van der Waals surface area contributed by atoms with Crippen LogP contribution in [0.25, 0.3) is 11.0 Å². The summed E-state index contributed by atoms with van der Waals surface area (Å²) < 4.78 is 11.8. The lowest BCUT2D eigenvalue weighted by Gasteiger charge is -2.32. The van der Waals surface area contributed by atoms with Gasteiger partial charge in [-0.3, -0.25) is 4.90 Å². The molecule has 3 atom stereocenters. The van der Waals surface area contributed by atoms with E-state index in [4.69, 9.17) is 9.15 Å². The monoisotopic (exact) mass is 297 g/mol. The summed E-state index contributed by atoms with van der Waals surface area (Å²) >= 11 is 0. The van der Waals surface area contributed by atoms with Gasteiger partial charge in [0.15, 0.2) is 0 Å². The number of rotatable bonds is 1. The van der Waals surface area contributed by atoms with E-state index in [9.17, 15) is 0 Å². The fraction of sp³-hybridized carbons (Fsp3) is 0.579. The zero-order chi connectivity index (χ0) is 15.1. The van der Waals surface area contributed by atoms with E-state index >= 15 is 0 Å². The second kappa shape index (κ2) is 4.08. The molecule has 0 amide bonds. The molecule has 3 heterocycles. The Bertz CT molecular complexity index is 760. The summed E-state index contributed by atoms with van der Waals surface area (Å²) in [5, 5.41) is 1.26. The molecular formula is C19H23NO2. The molecule has 2 fully saturated rings. The van der Waals surface area contributed by atoms with Crippen LogP contribution in [0.5, 0.6) is 5.75 Å². The zero-order valence-electron chi connectivity index (χ0n) is 13.6. The van der Waals surface area contributed by atoms with Crippen molar-refractivity contribution in [2.75, 3.05) is 20.2 Å². The van der Waals surface area contributed by atoms with Gasteiger partial charge in [-0.2, -0.15) is 0 Å². The predicted molar refractivity (Wildman–Crippen MR) is 86.5 cm³/mol. The van der Waals surface area contributed by atoms with Gasteiger partial charge in [0.25, 0.3) is 0 Å². The third-order valence-corrected chi connectivity index (χ3v) is 6.60.